The van der Waals surface area contributed by atoms with Crippen molar-refractivity contribution in [3.63, 3.8) is 0 Å². The highest BCUT2D eigenvalue weighted by molar-refractivity contribution is 6.30. The lowest BCUT2D eigenvalue weighted by atomic mass is 9.84. The van der Waals surface area contributed by atoms with Crippen molar-refractivity contribution >= 4 is 29.9 Å². The lowest BCUT2D eigenvalue weighted by Crippen LogP contribution is -2.39. The second kappa shape index (κ2) is 6.84. The van der Waals surface area contributed by atoms with Crippen LogP contribution in [0.15, 0.2) is 24.3 Å². The molecule has 0 radical (unpaired) electrons. The zero-order chi connectivity index (χ0) is 12.2. The van der Waals surface area contributed by atoms with E-state index in [-0.39, 0.29) is 30.3 Å². The van der Waals surface area contributed by atoms with Gasteiger partial charge in [-0.3, -0.25) is 4.79 Å². The van der Waals surface area contributed by atoms with Gasteiger partial charge in [0.2, 0.25) is 5.91 Å². The van der Waals surface area contributed by atoms with E-state index >= 15 is 0 Å². The lowest BCUT2D eigenvalue weighted by Gasteiger charge is -2.25. The summed E-state index contributed by atoms with van der Waals surface area (Å²) in [5.41, 5.74) is 6.23. The number of rotatable bonds is 4. The van der Waals surface area contributed by atoms with Crippen LogP contribution in [0.25, 0.3) is 0 Å². The van der Waals surface area contributed by atoms with Gasteiger partial charge in [-0.05, 0) is 17.7 Å². The third-order valence-corrected chi connectivity index (χ3v) is 2.79. The minimum atomic E-state index is -0.137. The Morgan fingerprint density at radius 1 is 1.35 bits per heavy atom. The summed E-state index contributed by atoms with van der Waals surface area (Å²) in [6.07, 6.45) is 0. The Hall–Kier alpha value is -0.770. The van der Waals surface area contributed by atoms with Crippen molar-refractivity contribution in [3.05, 3.63) is 34.9 Å². The molecule has 1 rings (SSSR count). The molecular weight excluding hydrogens is 259 g/mol. The second-order valence-electron chi connectivity index (χ2n) is 4.37. The Bertz CT molecular complexity index is 363. The SMILES string of the molecule is CC(C)(CNC(=O)CN)c1ccc(Cl)cc1.Cl. The first-order valence-corrected chi connectivity index (χ1v) is 5.56. The molecule has 1 amide bonds. The number of nitrogens with one attached hydrogen (secondary N) is 1. The highest BCUT2D eigenvalue weighted by Crippen LogP contribution is 2.23. The van der Waals surface area contributed by atoms with Crippen LogP contribution >= 0.6 is 24.0 Å². The Balaban J connectivity index is 0.00000256. The van der Waals surface area contributed by atoms with E-state index in [1.54, 1.807) is 0 Å². The maximum atomic E-state index is 11.1. The number of carbonyl (C=O) groups excluding carboxylic acids is 1. The molecule has 3 N–H and O–H groups in total. The molecule has 1 aromatic rings. The Morgan fingerprint density at radius 3 is 2.35 bits per heavy atom. The van der Waals surface area contributed by atoms with Crippen LogP contribution in [0.1, 0.15) is 19.4 Å². The molecule has 5 heteroatoms. The van der Waals surface area contributed by atoms with E-state index in [1.807, 2.05) is 24.3 Å². The molecule has 0 fully saturated rings. The monoisotopic (exact) mass is 276 g/mol. The van der Waals surface area contributed by atoms with Gasteiger partial charge in [0.1, 0.15) is 0 Å². The van der Waals surface area contributed by atoms with Crippen LogP contribution in [0, 0.1) is 0 Å². The fourth-order valence-corrected chi connectivity index (χ4v) is 1.52. The summed E-state index contributed by atoms with van der Waals surface area (Å²) in [4.78, 5) is 11.1. The summed E-state index contributed by atoms with van der Waals surface area (Å²) in [5.74, 6) is -0.137. The molecule has 0 aromatic heterocycles. The number of benzene rings is 1. The molecule has 0 aliphatic carbocycles. The third-order valence-electron chi connectivity index (χ3n) is 2.54. The highest BCUT2D eigenvalue weighted by Gasteiger charge is 2.20. The fraction of sp³-hybridized carbons (Fsp3) is 0.417. The van der Waals surface area contributed by atoms with E-state index in [2.05, 4.69) is 19.2 Å². The molecule has 96 valence electrons. The van der Waals surface area contributed by atoms with Crippen LogP contribution in [-0.2, 0) is 10.2 Å². The average Bonchev–Trinajstić information content (AvgIpc) is 2.26. The average molecular weight is 277 g/mol. The van der Waals surface area contributed by atoms with Crippen LogP contribution in [0.2, 0.25) is 5.02 Å². The minimum Gasteiger partial charge on any atom is -0.354 e. The Morgan fingerprint density at radius 2 is 1.88 bits per heavy atom. The largest absolute Gasteiger partial charge is 0.354 e. The topological polar surface area (TPSA) is 55.1 Å². The van der Waals surface area contributed by atoms with Crippen molar-refractivity contribution in [2.45, 2.75) is 19.3 Å². The highest BCUT2D eigenvalue weighted by atomic mass is 35.5. The molecule has 0 aliphatic rings. The third kappa shape index (κ3) is 4.94. The molecule has 0 unspecified atom stereocenters. The molecule has 0 atom stereocenters. The van der Waals surface area contributed by atoms with Gasteiger partial charge >= 0.3 is 0 Å². The summed E-state index contributed by atoms with van der Waals surface area (Å²) in [7, 11) is 0. The van der Waals surface area contributed by atoms with Crippen LogP contribution in [0.5, 0.6) is 0 Å². The van der Waals surface area contributed by atoms with Gasteiger partial charge in [0.05, 0.1) is 6.54 Å². The number of amides is 1. The first-order valence-electron chi connectivity index (χ1n) is 5.18. The number of hydrogen-bond acceptors (Lipinski definition) is 2. The lowest BCUT2D eigenvalue weighted by molar-refractivity contribution is -0.119. The molecule has 0 heterocycles. The van der Waals surface area contributed by atoms with Gasteiger partial charge < -0.3 is 11.1 Å². The first kappa shape index (κ1) is 16.2. The van der Waals surface area contributed by atoms with E-state index in [0.29, 0.717) is 11.6 Å². The summed E-state index contributed by atoms with van der Waals surface area (Å²) < 4.78 is 0. The minimum absolute atomic E-state index is 0. The number of halogens is 2. The first-order chi connectivity index (χ1) is 7.45. The molecular formula is C12H18Cl2N2O. The zero-order valence-corrected chi connectivity index (χ0v) is 11.6. The summed E-state index contributed by atoms with van der Waals surface area (Å²) >= 11 is 5.83. The van der Waals surface area contributed by atoms with Gasteiger partial charge in [-0.25, -0.2) is 0 Å². The normalized spacial score (nSPS) is 10.6. The van der Waals surface area contributed by atoms with Gasteiger partial charge in [-0.15, -0.1) is 12.4 Å². The fourth-order valence-electron chi connectivity index (χ4n) is 1.39. The van der Waals surface area contributed by atoms with Gasteiger partial charge in [0, 0.05) is 17.0 Å². The predicted octanol–water partition coefficient (Wildman–Crippen LogP) is 2.11. The van der Waals surface area contributed by atoms with Crippen molar-refractivity contribution in [2.24, 2.45) is 5.73 Å². The van der Waals surface area contributed by atoms with Crippen molar-refractivity contribution in [3.8, 4) is 0 Å². The smallest absolute Gasteiger partial charge is 0.233 e. The second-order valence-corrected chi connectivity index (χ2v) is 4.81. The number of hydrogen-bond donors (Lipinski definition) is 2. The van der Waals surface area contributed by atoms with Crippen molar-refractivity contribution < 1.29 is 4.79 Å². The van der Waals surface area contributed by atoms with E-state index in [9.17, 15) is 4.79 Å². The molecule has 1 aromatic carbocycles. The van der Waals surface area contributed by atoms with E-state index in [4.69, 9.17) is 17.3 Å². The van der Waals surface area contributed by atoms with Crippen molar-refractivity contribution in [1.82, 2.24) is 5.32 Å². The van der Waals surface area contributed by atoms with Gasteiger partial charge in [0.25, 0.3) is 0 Å². The molecule has 0 saturated carbocycles. The predicted molar refractivity (Wildman–Crippen MR) is 73.8 cm³/mol. The van der Waals surface area contributed by atoms with E-state index in [0.717, 1.165) is 5.56 Å². The summed E-state index contributed by atoms with van der Waals surface area (Å²) in [5, 5.41) is 3.50. The van der Waals surface area contributed by atoms with Crippen molar-refractivity contribution in [2.75, 3.05) is 13.1 Å². The van der Waals surface area contributed by atoms with Crippen LogP contribution in [-0.4, -0.2) is 19.0 Å². The Kier molecular flexibility index (Phi) is 6.53. The summed E-state index contributed by atoms with van der Waals surface area (Å²) in [6, 6.07) is 7.64. The van der Waals surface area contributed by atoms with Crippen LogP contribution in [0.4, 0.5) is 0 Å². The molecule has 3 nitrogen and oxygen atoms in total. The Labute approximate surface area is 113 Å². The van der Waals surface area contributed by atoms with Gasteiger partial charge in [0.15, 0.2) is 0 Å². The summed E-state index contributed by atoms with van der Waals surface area (Å²) in [6.45, 7) is 4.71. The standard InChI is InChI=1S/C12H17ClN2O.ClH/c1-12(2,8-15-11(16)7-14)9-3-5-10(13)6-4-9;/h3-6H,7-8,14H2,1-2H3,(H,15,16);1H. The molecule has 0 bridgehead atoms. The maximum Gasteiger partial charge on any atom is 0.233 e. The van der Waals surface area contributed by atoms with E-state index in [1.165, 1.54) is 0 Å². The molecule has 0 saturated heterocycles. The van der Waals surface area contributed by atoms with Crippen molar-refractivity contribution in [1.29, 1.82) is 0 Å². The molecule has 17 heavy (non-hydrogen) atoms. The van der Waals surface area contributed by atoms with Crippen LogP contribution < -0.4 is 11.1 Å². The molecule has 0 spiro atoms. The zero-order valence-electron chi connectivity index (χ0n) is 10.00. The van der Waals surface area contributed by atoms with Gasteiger partial charge in [-0.1, -0.05) is 37.6 Å². The van der Waals surface area contributed by atoms with Crippen LogP contribution in [0.3, 0.4) is 0 Å². The number of carbonyl (C=O) groups is 1. The molecule has 0 aliphatic heterocycles. The van der Waals surface area contributed by atoms with Gasteiger partial charge in [-0.2, -0.15) is 0 Å². The maximum absolute atomic E-state index is 11.1. The number of nitrogens with two attached hydrogens (primary N) is 1. The quantitative estimate of drug-likeness (QED) is 0.885. The van der Waals surface area contributed by atoms with E-state index < -0.39 is 0 Å².